The molecule has 3 saturated carbocycles. The van der Waals surface area contributed by atoms with E-state index in [0.717, 1.165) is 17.8 Å². The maximum atomic E-state index is 2.73. The van der Waals surface area contributed by atoms with E-state index < -0.39 is 0 Å². The van der Waals surface area contributed by atoms with Crippen LogP contribution in [0.2, 0.25) is 0 Å². The Morgan fingerprint density at radius 3 is 2.52 bits per heavy atom. The molecule has 0 saturated heterocycles. The molecule has 0 N–H and O–H groups in total. The minimum absolute atomic E-state index is 0.501. The van der Waals surface area contributed by atoms with Crippen molar-refractivity contribution in [3.8, 4) is 0 Å². The Balaban J connectivity index is 0.000000753. The van der Waals surface area contributed by atoms with Crippen LogP contribution in [0, 0.1) is 28.6 Å². The van der Waals surface area contributed by atoms with E-state index in [9.17, 15) is 0 Å². The number of rotatable bonds is 0. The minimum Gasteiger partial charge on any atom is -0.0879 e. The van der Waals surface area contributed by atoms with Gasteiger partial charge in [0, 0.05) is 0 Å². The van der Waals surface area contributed by atoms with Gasteiger partial charge in [0.2, 0.25) is 0 Å². The molecule has 5 unspecified atom stereocenters. The van der Waals surface area contributed by atoms with Crippen molar-refractivity contribution in [1.82, 2.24) is 0 Å². The molecule has 4 rings (SSSR count). The van der Waals surface area contributed by atoms with E-state index in [1.165, 1.54) is 57.8 Å². The number of hydrogen-bond donors (Lipinski definition) is 0. The fraction of sp³-hybridized carbons (Fsp3) is 0.826. The van der Waals surface area contributed by atoms with Crippen LogP contribution >= 0.6 is 0 Å². The van der Waals surface area contributed by atoms with Crippen molar-refractivity contribution >= 4 is 0 Å². The monoisotopic (exact) mass is 314 g/mol. The van der Waals surface area contributed by atoms with E-state index in [-0.39, 0.29) is 0 Å². The molecule has 0 heterocycles. The summed E-state index contributed by atoms with van der Waals surface area (Å²) in [5.74, 6) is 2.87. The molecule has 4 aliphatic carbocycles. The molecule has 0 nitrogen and oxygen atoms in total. The molecule has 0 heteroatoms. The van der Waals surface area contributed by atoms with Crippen LogP contribution in [-0.4, -0.2) is 0 Å². The first-order valence-corrected chi connectivity index (χ1v) is 10.5. The van der Waals surface area contributed by atoms with Gasteiger partial charge in [-0.2, -0.15) is 0 Å². The van der Waals surface area contributed by atoms with Gasteiger partial charge in [-0.15, -0.1) is 0 Å². The average Bonchev–Trinajstić information content (AvgIpc) is 2.92. The molecule has 0 aromatic rings. The molecule has 0 amide bonds. The molecule has 0 bridgehead atoms. The average molecular weight is 315 g/mol. The fourth-order valence-corrected chi connectivity index (χ4v) is 6.89. The smallest absolute Gasteiger partial charge is 0.00479 e. The highest BCUT2D eigenvalue weighted by molar-refractivity contribution is 5.33. The SMILES string of the molecule is C/C=C1/CCC2C3CCC4CCCCC4(C)C3=CCC12C.CC. The second kappa shape index (κ2) is 6.41. The van der Waals surface area contributed by atoms with Crippen molar-refractivity contribution in [2.45, 2.75) is 92.4 Å². The Labute approximate surface area is 144 Å². The zero-order chi connectivity index (χ0) is 16.7. The molecular formula is C23H38. The van der Waals surface area contributed by atoms with Crippen molar-refractivity contribution in [3.05, 3.63) is 23.3 Å². The van der Waals surface area contributed by atoms with Crippen molar-refractivity contribution < 1.29 is 0 Å². The maximum absolute atomic E-state index is 2.73. The molecule has 130 valence electrons. The van der Waals surface area contributed by atoms with Crippen LogP contribution in [0.5, 0.6) is 0 Å². The van der Waals surface area contributed by atoms with Gasteiger partial charge in [-0.25, -0.2) is 0 Å². The highest BCUT2D eigenvalue weighted by Crippen LogP contribution is 2.65. The number of allylic oxidation sites excluding steroid dienone is 4. The van der Waals surface area contributed by atoms with Gasteiger partial charge in [0.15, 0.2) is 0 Å². The Morgan fingerprint density at radius 1 is 1.00 bits per heavy atom. The highest BCUT2D eigenvalue weighted by atomic mass is 14.6. The van der Waals surface area contributed by atoms with Gasteiger partial charge in [0.05, 0.1) is 0 Å². The molecule has 0 radical (unpaired) electrons. The summed E-state index contributed by atoms with van der Waals surface area (Å²) in [6.07, 6.45) is 18.3. The van der Waals surface area contributed by atoms with Gasteiger partial charge < -0.3 is 0 Å². The first-order valence-electron chi connectivity index (χ1n) is 10.5. The van der Waals surface area contributed by atoms with Gasteiger partial charge in [0.1, 0.15) is 0 Å². The van der Waals surface area contributed by atoms with Crippen LogP contribution < -0.4 is 0 Å². The third-order valence-electron chi connectivity index (χ3n) is 8.14. The predicted octanol–water partition coefficient (Wildman–Crippen LogP) is 7.31. The molecule has 3 fully saturated rings. The van der Waals surface area contributed by atoms with Gasteiger partial charge in [0.25, 0.3) is 0 Å². The topological polar surface area (TPSA) is 0 Å². The fourth-order valence-electron chi connectivity index (χ4n) is 6.89. The lowest BCUT2D eigenvalue weighted by molar-refractivity contribution is 0.0511. The lowest BCUT2D eigenvalue weighted by Crippen LogP contribution is -2.46. The van der Waals surface area contributed by atoms with Gasteiger partial charge in [-0.1, -0.05) is 63.8 Å². The zero-order valence-corrected chi connectivity index (χ0v) is 16.3. The lowest BCUT2D eigenvalue weighted by atomic mass is 9.49. The van der Waals surface area contributed by atoms with Crippen molar-refractivity contribution in [2.75, 3.05) is 0 Å². The summed E-state index contributed by atoms with van der Waals surface area (Å²) in [7, 11) is 0. The van der Waals surface area contributed by atoms with Crippen LogP contribution in [0.15, 0.2) is 23.3 Å². The zero-order valence-electron chi connectivity index (χ0n) is 16.3. The Morgan fingerprint density at radius 2 is 1.78 bits per heavy atom. The van der Waals surface area contributed by atoms with Gasteiger partial charge in [-0.05, 0) is 80.5 Å². The molecule has 0 aromatic carbocycles. The second-order valence-corrected chi connectivity index (χ2v) is 8.78. The van der Waals surface area contributed by atoms with Crippen LogP contribution in [0.4, 0.5) is 0 Å². The van der Waals surface area contributed by atoms with E-state index in [4.69, 9.17) is 0 Å². The summed E-state index contributed by atoms with van der Waals surface area (Å²) in [5.41, 5.74) is 4.75. The van der Waals surface area contributed by atoms with Crippen molar-refractivity contribution in [3.63, 3.8) is 0 Å². The molecule has 23 heavy (non-hydrogen) atoms. The summed E-state index contributed by atoms with van der Waals surface area (Å²) in [6, 6.07) is 0. The molecule has 0 spiro atoms. The normalized spacial score (nSPS) is 46.9. The highest BCUT2D eigenvalue weighted by Gasteiger charge is 2.54. The van der Waals surface area contributed by atoms with E-state index in [0.29, 0.717) is 10.8 Å². The van der Waals surface area contributed by atoms with Gasteiger partial charge >= 0.3 is 0 Å². The Bertz CT molecular complexity index is 496. The summed E-state index contributed by atoms with van der Waals surface area (Å²) in [5, 5.41) is 0. The summed E-state index contributed by atoms with van der Waals surface area (Å²) < 4.78 is 0. The van der Waals surface area contributed by atoms with Crippen molar-refractivity contribution in [1.29, 1.82) is 0 Å². The van der Waals surface area contributed by atoms with Gasteiger partial charge in [-0.3, -0.25) is 0 Å². The van der Waals surface area contributed by atoms with Crippen LogP contribution in [0.3, 0.4) is 0 Å². The maximum Gasteiger partial charge on any atom is -0.00479 e. The summed E-state index contributed by atoms with van der Waals surface area (Å²) >= 11 is 0. The molecule has 0 aliphatic heterocycles. The Kier molecular flexibility index (Phi) is 4.83. The quantitative estimate of drug-likeness (QED) is 0.411. The van der Waals surface area contributed by atoms with E-state index in [1.54, 1.807) is 5.57 Å². The van der Waals surface area contributed by atoms with E-state index >= 15 is 0 Å². The predicted molar refractivity (Wildman–Crippen MR) is 101 cm³/mol. The molecular weight excluding hydrogens is 276 g/mol. The number of hydrogen-bond acceptors (Lipinski definition) is 0. The number of fused-ring (bicyclic) bond motifs is 5. The largest absolute Gasteiger partial charge is 0.0879 e. The Hall–Kier alpha value is -0.520. The third kappa shape index (κ3) is 2.47. The van der Waals surface area contributed by atoms with Crippen LogP contribution in [0.25, 0.3) is 0 Å². The van der Waals surface area contributed by atoms with Crippen molar-refractivity contribution in [2.24, 2.45) is 28.6 Å². The standard InChI is InChI=1S/C21H32.C2H6/c1-4-15-9-11-18-17-10-8-16-7-5-6-13-20(16,2)19(17)12-14-21(15,18)3;1-2/h4,12,16-18H,5-11,13-14H2,1-3H3;1-2H3/b15-4-;. The minimum atomic E-state index is 0.501. The first kappa shape index (κ1) is 17.3. The molecule has 0 aromatic heterocycles. The molecule has 5 atom stereocenters. The molecule has 4 aliphatic rings. The second-order valence-electron chi connectivity index (χ2n) is 8.78. The first-order chi connectivity index (χ1) is 11.1. The van der Waals surface area contributed by atoms with E-state index in [1.807, 2.05) is 19.4 Å². The third-order valence-corrected chi connectivity index (χ3v) is 8.14. The summed E-state index contributed by atoms with van der Waals surface area (Å²) in [4.78, 5) is 0. The van der Waals surface area contributed by atoms with Crippen LogP contribution in [0.1, 0.15) is 92.4 Å². The van der Waals surface area contributed by atoms with E-state index in [2.05, 4.69) is 32.9 Å². The van der Waals surface area contributed by atoms with Crippen LogP contribution in [-0.2, 0) is 0 Å². The lowest BCUT2D eigenvalue weighted by Gasteiger charge is -2.55. The summed E-state index contributed by atoms with van der Waals surface area (Å²) in [6.45, 7) is 11.5.